The highest BCUT2D eigenvalue weighted by Crippen LogP contribution is 2.17. The van der Waals surface area contributed by atoms with Gasteiger partial charge >= 0.3 is 0 Å². The molecule has 2 heteroatoms. The summed E-state index contributed by atoms with van der Waals surface area (Å²) in [5.41, 5.74) is 4.28. The topological polar surface area (TPSA) is 12.5 Å². The smallest absolute Gasteiger partial charge is 0.0516 e. The van der Waals surface area contributed by atoms with Crippen LogP contribution in [0.2, 0.25) is 0 Å². The van der Waals surface area contributed by atoms with Crippen LogP contribution in [0.15, 0.2) is 18.2 Å². The lowest BCUT2D eigenvalue weighted by molar-refractivity contribution is -0.0384. The number of ether oxygens (including phenoxy) is 1. The van der Waals surface area contributed by atoms with Gasteiger partial charge in [0.2, 0.25) is 0 Å². The average molecular weight is 233 g/mol. The van der Waals surface area contributed by atoms with Crippen molar-refractivity contribution in [1.82, 2.24) is 4.90 Å². The zero-order valence-corrected chi connectivity index (χ0v) is 11.2. The van der Waals surface area contributed by atoms with Gasteiger partial charge in [0.1, 0.15) is 0 Å². The fourth-order valence-electron chi connectivity index (χ4n) is 2.21. The van der Waals surface area contributed by atoms with E-state index in [1.165, 1.54) is 29.7 Å². The van der Waals surface area contributed by atoms with Gasteiger partial charge in [-0.1, -0.05) is 18.2 Å². The lowest BCUT2D eigenvalue weighted by Crippen LogP contribution is -2.31. The van der Waals surface area contributed by atoms with Gasteiger partial charge < -0.3 is 9.64 Å². The molecule has 0 spiro atoms. The van der Waals surface area contributed by atoms with Crippen molar-refractivity contribution in [3.8, 4) is 0 Å². The van der Waals surface area contributed by atoms with E-state index in [9.17, 15) is 0 Å². The Labute approximate surface area is 105 Å². The predicted molar refractivity (Wildman–Crippen MR) is 71.2 cm³/mol. The Kier molecular flexibility index (Phi) is 4.19. The Bertz CT molecular complexity index is 371. The van der Waals surface area contributed by atoms with Crippen LogP contribution in [0.4, 0.5) is 0 Å². The molecule has 0 N–H and O–H groups in total. The first-order valence-electron chi connectivity index (χ1n) is 6.48. The Balaban J connectivity index is 1.84. The van der Waals surface area contributed by atoms with Crippen molar-refractivity contribution in [2.45, 2.75) is 26.8 Å². The first kappa shape index (κ1) is 12.6. The molecule has 0 bridgehead atoms. The Hall–Kier alpha value is -0.860. The average Bonchev–Trinajstić information content (AvgIpc) is 2.23. The number of aryl methyl sites for hydroxylation is 1. The van der Waals surface area contributed by atoms with Gasteiger partial charge in [-0.3, -0.25) is 0 Å². The van der Waals surface area contributed by atoms with Crippen LogP contribution in [0, 0.1) is 19.8 Å². The molecule has 1 aromatic rings. The monoisotopic (exact) mass is 233 g/mol. The van der Waals surface area contributed by atoms with E-state index >= 15 is 0 Å². The van der Waals surface area contributed by atoms with E-state index in [0.717, 1.165) is 25.7 Å². The second-order valence-corrected chi connectivity index (χ2v) is 5.29. The molecule has 1 fully saturated rings. The molecule has 0 atom stereocenters. The molecule has 1 aromatic carbocycles. The van der Waals surface area contributed by atoms with Crippen LogP contribution in [0.3, 0.4) is 0 Å². The summed E-state index contributed by atoms with van der Waals surface area (Å²) in [6.45, 7) is 8.57. The third-order valence-corrected chi connectivity index (χ3v) is 3.78. The molecule has 1 aliphatic rings. The van der Waals surface area contributed by atoms with Crippen molar-refractivity contribution in [3.63, 3.8) is 0 Å². The third-order valence-electron chi connectivity index (χ3n) is 3.78. The normalized spacial score (nSPS) is 16.2. The van der Waals surface area contributed by atoms with E-state index in [1.807, 2.05) is 0 Å². The molecule has 0 amide bonds. The molecule has 0 radical (unpaired) electrons. The Morgan fingerprint density at radius 1 is 1.29 bits per heavy atom. The van der Waals surface area contributed by atoms with Gasteiger partial charge in [-0.15, -0.1) is 0 Å². The van der Waals surface area contributed by atoms with Gasteiger partial charge in [0, 0.05) is 12.5 Å². The van der Waals surface area contributed by atoms with E-state index in [4.69, 9.17) is 4.74 Å². The molecule has 1 heterocycles. The largest absolute Gasteiger partial charge is 0.381 e. The van der Waals surface area contributed by atoms with Crippen molar-refractivity contribution in [3.05, 3.63) is 34.9 Å². The van der Waals surface area contributed by atoms with Gasteiger partial charge in [0.25, 0.3) is 0 Å². The second kappa shape index (κ2) is 5.65. The zero-order valence-electron chi connectivity index (χ0n) is 11.2. The SMILES string of the molecule is Cc1cccc(CN(C)CCC2COC2)c1C. The molecule has 17 heavy (non-hydrogen) atoms. The highest BCUT2D eigenvalue weighted by Gasteiger charge is 2.18. The maximum absolute atomic E-state index is 5.20. The minimum atomic E-state index is 0.802. The van der Waals surface area contributed by atoms with Crippen molar-refractivity contribution < 1.29 is 4.74 Å². The maximum Gasteiger partial charge on any atom is 0.0516 e. The lowest BCUT2D eigenvalue weighted by Gasteiger charge is -2.28. The summed E-state index contributed by atoms with van der Waals surface area (Å²) in [7, 11) is 2.21. The quantitative estimate of drug-likeness (QED) is 0.775. The minimum Gasteiger partial charge on any atom is -0.381 e. The molecule has 94 valence electrons. The number of rotatable bonds is 5. The van der Waals surface area contributed by atoms with E-state index in [2.05, 4.69) is 44.0 Å². The first-order valence-corrected chi connectivity index (χ1v) is 6.48. The molecular formula is C15H23NO. The summed E-state index contributed by atoms with van der Waals surface area (Å²) in [6.07, 6.45) is 1.27. The summed E-state index contributed by atoms with van der Waals surface area (Å²) in [5, 5.41) is 0. The third kappa shape index (κ3) is 3.30. The van der Waals surface area contributed by atoms with Crippen LogP contribution in [-0.4, -0.2) is 31.7 Å². The fraction of sp³-hybridized carbons (Fsp3) is 0.600. The van der Waals surface area contributed by atoms with Crippen molar-refractivity contribution >= 4 is 0 Å². The molecule has 1 saturated heterocycles. The molecule has 0 aromatic heterocycles. The van der Waals surface area contributed by atoms with Crippen LogP contribution in [-0.2, 0) is 11.3 Å². The zero-order chi connectivity index (χ0) is 12.3. The van der Waals surface area contributed by atoms with Gasteiger partial charge in [-0.05, 0) is 50.6 Å². The molecule has 2 nitrogen and oxygen atoms in total. The van der Waals surface area contributed by atoms with Crippen LogP contribution in [0.1, 0.15) is 23.1 Å². The molecule has 2 rings (SSSR count). The van der Waals surface area contributed by atoms with Crippen LogP contribution >= 0.6 is 0 Å². The van der Waals surface area contributed by atoms with Crippen molar-refractivity contribution in [1.29, 1.82) is 0 Å². The summed E-state index contributed by atoms with van der Waals surface area (Å²) in [6, 6.07) is 6.58. The van der Waals surface area contributed by atoms with Gasteiger partial charge in [0.15, 0.2) is 0 Å². The van der Waals surface area contributed by atoms with E-state index in [1.54, 1.807) is 0 Å². The second-order valence-electron chi connectivity index (χ2n) is 5.29. The summed E-state index contributed by atoms with van der Waals surface area (Å²) < 4.78 is 5.20. The highest BCUT2D eigenvalue weighted by molar-refractivity contribution is 5.32. The van der Waals surface area contributed by atoms with Crippen LogP contribution in [0.5, 0.6) is 0 Å². The van der Waals surface area contributed by atoms with E-state index in [0.29, 0.717) is 0 Å². The van der Waals surface area contributed by atoms with Crippen LogP contribution < -0.4 is 0 Å². The maximum atomic E-state index is 5.20. The van der Waals surface area contributed by atoms with Gasteiger partial charge in [-0.25, -0.2) is 0 Å². The van der Waals surface area contributed by atoms with Gasteiger partial charge in [-0.2, -0.15) is 0 Å². The standard InChI is InChI=1S/C15H23NO/c1-12-5-4-6-15(13(12)2)9-16(3)8-7-14-10-17-11-14/h4-6,14H,7-11H2,1-3H3. The lowest BCUT2D eigenvalue weighted by atomic mass is 10.0. The number of hydrogen-bond acceptors (Lipinski definition) is 2. The number of benzene rings is 1. The Morgan fingerprint density at radius 2 is 2.06 bits per heavy atom. The van der Waals surface area contributed by atoms with E-state index in [-0.39, 0.29) is 0 Å². The fourth-order valence-corrected chi connectivity index (χ4v) is 2.21. The van der Waals surface area contributed by atoms with Gasteiger partial charge in [0.05, 0.1) is 13.2 Å². The number of hydrogen-bond donors (Lipinski definition) is 0. The highest BCUT2D eigenvalue weighted by atomic mass is 16.5. The van der Waals surface area contributed by atoms with Crippen LogP contribution in [0.25, 0.3) is 0 Å². The predicted octanol–water partition coefficient (Wildman–Crippen LogP) is 2.77. The molecule has 0 saturated carbocycles. The molecule has 0 aliphatic carbocycles. The molecule has 1 aliphatic heterocycles. The Morgan fingerprint density at radius 3 is 2.71 bits per heavy atom. The summed E-state index contributed by atoms with van der Waals surface area (Å²) in [5.74, 6) is 0.802. The summed E-state index contributed by atoms with van der Waals surface area (Å²) >= 11 is 0. The van der Waals surface area contributed by atoms with Crippen molar-refractivity contribution in [2.24, 2.45) is 5.92 Å². The van der Waals surface area contributed by atoms with E-state index < -0.39 is 0 Å². The first-order chi connectivity index (χ1) is 8.16. The molecule has 0 unspecified atom stereocenters. The number of nitrogens with zero attached hydrogens (tertiary/aromatic N) is 1. The molecular weight excluding hydrogens is 210 g/mol. The summed E-state index contributed by atoms with van der Waals surface area (Å²) in [4.78, 5) is 2.42. The minimum absolute atomic E-state index is 0.802. The van der Waals surface area contributed by atoms with Crippen molar-refractivity contribution in [2.75, 3.05) is 26.8 Å².